The molecule has 0 aromatic rings. The van der Waals surface area contributed by atoms with Gasteiger partial charge in [0.15, 0.2) is 6.23 Å². The molecule has 0 bridgehead atoms. The van der Waals surface area contributed by atoms with Crippen molar-refractivity contribution in [1.82, 2.24) is 4.90 Å². The lowest BCUT2D eigenvalue weighted by atomic mass is 9.73. The third-order valence-electron chi connectivity index (χ3n) is 4.78. The van der Waals surface area contributed by atoms with Crippen molar-refractivity contribution in [1.29, 1.82) is 0 Å². The van der Waals surface area contributed by atoms with E-state index in [1.54, 1.807) is 4.90 Å². The van der Waals surface area contributed by atoms with E-state index in [2.05, 4.69) is 20.8 Å². The first-order valence-corrected chi connectivity index (χ1v) is 7.61. The van der Waals surface area contributed by atoms with Gasteiger partial charge in [-0.15, -0.1) is 0 Å². The molecule has 1 saturated carbocycles. The van der Waals surface area contributed by atoms with Gasteiger partial charge in [-0.05, 0) is 30.6 Å². The van der Waals surface area contributed by atoms with Gasteiger partial charge in [-0.3, -0.25) is 4.79 Å². The molecule has 0 radical (unpaired) electrons. The smallest absolute Gasteiger partial charge is 0.450 e. The fourth-order valence-electron chi connectivity index (χ4n) is 3.78. The van der Waals surface area contributed by atoms with Crippen LogP contribution in [0, 0.1) is 17.8 Å². The van der Waals surface area contributed by atoms with E-state index >= 15 is 0 Å². The van der Waals surface area contributed by atoms with Crippen molar-refractivity contribution in [3.05, 3.63) is 0 Å². The maximum Gasteiger partial charge on any atom is 0.507 e. The summed E-state index contributed by atoms with van der Waals surface area (Å²) < 4.78 is 4.93. The highest BCUT2D eigenvalue weighted by Crippen LogP contribution is 2.39. The van der Waals surface area contributed by atoms with Gasteiger partial charge in [-0.2, -0.15) is 0 Å². The summed E-state index contributed by atoms with van der Waals surface area (Å²) in [5, 5.41) is 8.84. The molecule has 0 aromatic carbocycles. The van der Waals surface area contributed by atoms with Gasteiger partial charge in [-0.1, -0.05) is 27.2 Å². The summed E-state index contributed by atoms with van der Waals surface area (Å²) in [5.41, 5.74) is 0. The summed E-state index contributed by atoms with van der Waals surface area (Å²) in [6, 6.07) is 0.123. The minimum Gasteiger partial charge on any atom is -0.450 e. The molecule has 5 heteroatoms. The highest BCUT2D eigenvalue weighted by molar-refractivity contribution is 5.79. The zero-order valence-electron chi connectivity index (χ0n) is 12.5. The predicted octanol–water partition coefficient (Wildman–Crippen LogP) is 3.09. The minimum atomic E-state index is -1.29. The Hall–Kier alpha value is -1.26. The monoisotopic (exact) mass is 283 g/mol. The second kappa shape index (κ2) is 6.02. The molecule has 1 N–H and O–H groups in total. The molecule has 2 rings (SSSR count). The first kappa shape index (κ1) is 15.1. The lowest BCUT2D eigenvalue weighted by Crippen LogP contribution is -2.50. The zero-order chi connectivity index (χ0) is 14.9. The van der Waals surface area contributed by atoms with Crippen molar-refractivity contribution in [2.75, 3.05) is 0 Å². The molecular weight excluding hydrogens is 258 g/mol. The quantitative estimate of drug-likeness (QED) is 0.808. The van der Waals surface area contributed by atoms with Crippen LogP contribution in [0.2, 0.25) is 0 Å². The van der Waals surface area contributed by atoms with Crippen LogP contribution in [0.25, 0.3) is 0 Å². The minimum absolute atomic E-state index is 0.0426. The van der Waals surface area contributed by atoms with Crippen LogP contribution < -0.4 is 0 Å². The molecule has 1 saturated heterocycles. The van der Waals surface area contributed by atoms with E-state index in [1.807, 2.05) is 0 Å². The highest BCUT2D eigenvalue weighted by atomic mass is 16.7. The molecule has 20 heavy (non-hydrogen) atoms. The summed E-state index contributed by atoms with van der Waals surface area (Å²) in [7, 11) is 0. The highest BCUT2D eigenvalue weighted by Gasteiger charge is 2.44. The number of ether oxygens (including phenoxy) is 1. The summed E-state index contributed by atoms with van der Waals surface area (Å²) >= 11 is 0. The second-order valence-corrected chi connectivity index (χ2v) is 6.57. The number of amides is 1. The lowest BCUT2D eigenvalue weighted by molar-refractivity contribution is -0.142. The maximum atomic E-state index is 12.2. The van der Waals surface area contributed by atoms with Crippen LogP contribution in [-0.4, -0.2) is 34.3 Å². The number of nitrogens with zero attached hydrogens (tertiary/aromatic N) is 1. The second-order valence-electron chi connectivity index (χ2n) is 6.57. The van der Waals surface area contributed by atoms with Crippen LogP contribution in [0.5, 0.6) is 0 Å². The van der Waals surface area contributed by atoms with Crippen molar-refractivity contribution in [2.24, 2.45) is 17.8 Å². The summed E-state index contributed by atoms with van der Waals surface area (Å²) in [6.45, 7) is 6.57. The first-order chi connectivity index (χ1) is 9.40. The van der Waals surface area contributed by atoms with E-state index in [9.17, 15) is 9.59 Å². The Labute approximate surface area is 120 Å². The molecular formula is C15H25NO4. The van der Waals surface area contributed by atoms with E-state index in [4.69, 9.17) is 9.84 Å². The molecule has 1 aliphatic heterocycles. The average molecular weight is 283 g/mol. The average Bonchev–Trinajstić information content (AvgIpc) is 2.69. The Kier molecular flexibility index (Phi) is 4.55. The number of hydrogen-bond donors (Lipinski definition) is 1. The number of carbonyl (C=O) groups is 2. The van der Waals surface area contributed by atoms with E-state index in [1.165, 1.54) is 6.42 Å². The Balaban J connectivity index is 2.19. The number of likely N-dealkylation sites (tertiary alicyclic amines) is 1. The van der Waals surface area contributed by atoms with Crippen LogP contribution in [0.1, 0.15) is 52.9 Å². The topological polar surface area (TPSA) is 66.8 Å². The molecule has 1 aliphatic carbocycles. The number of carbonyl (C=O) groups excluding carboxylic acids is 1. The molecule has 5 nitrogen and oxygen atoms in total. The molecule has 2 aliphatic rings. The van der Waals surface area contributed by atoms with Gasteiger partial charge >= 0.3 is 6.16 Å². The van der Waals surface area contributed by atoms with Crippen molar-refractivity contribution < 1.29 is 19.4 Å². The van der Waals surface area contributed by atoms with Gasteiger partial charge in [0, 0.05) is 18.9 Å². The summed E-state index contributed by atoms with van der Waals surface area (Å²) in [5.74, 6) is 1.55. The third kappa shape index (κ3) is 3.07. The van der Waals surface area contributed by atoms with E-state index in [0.29, 0.717) is 30.6 Å². The molecule has 1 heterocycles. The summed E-state index contributed by atoms with van der Waals surface area (Å²) in [4.78, 5) is 24.7. The van der Waals surface area contributed by atoms with Crippen LogP contribution in [0.4, 0.5) is 4.79 Å². The standard InChI is InChI=1S/C15H25NO4/c1-9(2)11-5-4-10(3)8-12(11)16-13(17)6-7-14(16)20-15(18)19/h9-12,14H,4-8H2,1-3H3,(H,18,19). The molecule has 114 valence electrons. The fourth-order valence-corrected chi connectivity index (χ4v) is 3.78. The van der Waals surface area contributed by atoms with Gasteiger partial charge in [0.2, 0.25) is 5.91 Å². The van der Waals surface area contributed by atoms with Gasteiger partial charge in [0.05, 0.1) is 0 Å². The normalized spacial score (nSPS) is 34.6. The van der Waals surface area contributed by atoms with Crippen molar-refractivity contribution in [3.8, 4) is 0 Å². The predicted molar refractivity (Wildman–Crippen MR) is 74.1 cm³/mol. The largest absolute Gasteiger partial charge is 0.507 e. The van der Waals surface area contributed by atoms with Gasteiger partial charge < -0.3 is 14.7 Å². The van der Waals surface area contributed by atoms with Gasteiger partial charge in [-0.25, -0.2) is 4.79 Å². The number of hydrogen-bond acceptors (Lipinski definition) is 3. The third-order valence-corrected chi connectivity index (χ3v) is 4.78. The number of rotatable bonds is 3. The van der Waals surface area contributed by atoms with E-state index < -0.39 is 12.4 Å². The van der Waals surface area contributed by atoms with Crippen LogP contribution in [0.3, 0.4) is 0 Å². The SMILES string of the molecule is CC1CCC(C(C)C)C(N2C(=O)CCC2OC(=O)O)C1. The zero-order valence-corrected chi connectivity index (χ0v) is 12.5. The molecule has 4 atom stereocenters. The van der Waals surface area contributed by atoms with E-state index in [0.717, 1.165) is 12.8 Å². The number of carboxylic acid groups (broad SMARTS) is 1. The van der Waals surface area contributed by atoms with Crippen molar-refractivity contribution in [2.45, 2.75) is 65.1 Å². The maximum absolute atomic E-state index is 12.2. The molecule has 4 unspecified atom stereocenters. The summed E-state index contributed by atoms with van der Waals surface area (Å²) in [6.07, 6.45) is 2.25. The van der Waals surface area contributed by atoms with Crippen LogP contribution >= 0.6 is 0 Å². The van der Waals surface area contributed by atoms with Gasteiger partial charge in [0.1, 0.15) is 0 Å². The fraction of sp³-hybridized carbons (Fsp3) is 0.867. The Morgan fingerprint density at radius 3 is 2.65 bits per heavy atom. The first-order valence-electron chi connectivity index (χ1n) is 7.61. The Morgan fingerprint density at radius 2 is 2.05 bits per heavy atom. The van der Waals surface area contributed by atoms with Crippen LogP contribution in [0.15, 0.2) is 0 Å². The molecule has 0 spiro atoms. The van der Waals surface area contributed by atoms with Gasteiger partial charge in [0.25, 0.3) is 0 Å². The lowest BCUT2D eigenvalue weighted by Gasteiger charge is -2.43. The Morgan fingerprint density at radius 1 is 1.35 bits per heavy atom. The molecule has 0 aromatic heterocycles. The van der Waals surface area contributed by atoms with Crippen molar-refractivity contribution >= 4 is 12.1 Å². The molecule has 1 amide bonds. The van der Waals surface area contributed by atoms with E-state index in [-0.39, 0.29) is 11.9 Å². The molecule has 2 fully saturated rings. The van der Waals surface area contributed by atoms with Crippen molar-refractivity contribution in [3.63, 3.8) is 0 Å². The Bertz CT molecular complexity index is 382. The van der Waals surface area contributed by atoms with Crippen LogP contribution in [-0.2, 0) is 9.53 Å².